The molecular formula is C14H23ClN4. The van der Waals surface area contributed by atoms with E-state index in [9.17, 15) is 0 Å². The molecule has 19 heavy (non-hydrogen) atoms. The van der Waals surface area contributed by atoms with Crippen molar-refractivity contribution in [2.75, 3.05) is 32.1 Å². The van der Waals surface area contributed by atoms with Gasteiger partial charge in [-0.2, -0.15) is 0 Å². The second-order valence-electron chi connectivity index (χ2n) is 5.47. The van der Waals surface area contributed by atoms with Crippen molar-refractivity contribution in [3.8, 4) is 0 Å². The van der Waals surface area contributed by atoms with Crippen molar-refractivity contribution < 1.29 is 0 Å². The molecule has 106 valence electrons. The zero-order chi connectivity index (χ0) is 13.8. The third-order valence-corrected chi connectivity index (χ3v) is 3.92. The largest absolute Gasteiger partial charge is 0.352 e. The lowest BCUT2D eigenvalue weighted by molar-refractivity contribution is 0.371. The first-order valence-corrected chi connectivity index (χ1v) is 7.42. The van der Waals surface area contributed by atoms with Crippen LogP contribution >= 0.6 is 11.6 Å². The van der Waals surface area contributed by atoms with Crippen LogP contribution in [0.15, 0.2) is 6.33 Å². The molecule has 0 aromatic carbocycles. The van der Waals surface area contributed by atoms with E-state index in [1.807, 2.05) is 0 Å². The molecule has 2 rings (SSSR count). The van der Waals surface area contributed by atoms with Crippen LogP contribution in [0.2, 0.25) is 5.15 Å². The number of anilines is 1. The van der Waals surface area contributed by atoms with Gasteiger partial charge in [-0.1, -0.05) is 24.9 Å². The highest BCUT2D eigenvalue weighted by Crippen LogP contribution is 2.30. The molecule has 0 amide bonds. The molecule has 1 atom stereocenters. The lowest BCUT2D eigenvalue weighted by atomic mass is 10.1. The third-order valence-electron chi connectivity index (χ3n) is 3.60. The van der Waals surface area contributed by atoms with Crippen LogP contribution in [0.25, 0.3) is 0 Å². The predicted molar refractivity (Wildman–Crippen MR) is 80.0 cm³/mol. The molecule has 1 unspecified atom stereocenters. The smallest absolute Gasteiger partial charge is 0.137 e. The number of aromatic nitrogens is 2. The Balaban J connectivity index is 2.27. The van der Waals surface area contributed by atoms with E-state index in [1.165, 1.54) is 12.8 Å². The molecule has 2 heterocycles. The molecule has 0 saturated carbocycles. The summed E-state index contributed by atoms with van der Waals surface area (Å²) in [7, 11) is 4.24. The number of nitrogens with zero attached hydrogens (tertiary/aromatic N) is 4. The van der Waals surface area contributed by atoms with E-state index < -0.39 is 0 Å². The molecule has 1 fully saturated rings. The normalized spacial score (nSPS) is 19.4. The van der Waals surface area contributed by atoms with Gasteiger partial charge in [0, 0.05) is 24.7 Å². The highest BCUT2D eigenvalue weighted by molar-refractivity contribution is 6.30. The highest BCUT2D eigenvalue weighted by Gasteiger charge is 2.28. The first-order chi connectivity index (χ1) is 9.13. The maximum Gasteiger partial charge on any atom is 0.137 e. The lowest BCUT2D eigenvalue weighted by Gasteiger charge is -2.29. The Morgan fingerprint density at radius 2 is 2.21 bits per heavy atom. The Hall–Kier alpha value is -0.870. The molecule has 4 nitrogen and oxygen atoms in total. The van der Waals surface area contributed by atoms with Gasteiger partial charge in [-0.15, -0.1) is 0 Å². The molecular weight excluding hydrogens is 260 g/mol. The summed E-state index contributed by atoms with van der Waals surface area (Å²) >= 11 is 6.25. The third kappa shape index (κ3) is 3.37. The Bertz CT molecular complexity index is 422. The van der Waals surface area contributed by atoms with Crippen LogP contribution in [0.3, 0.4) is 0 Å². The van der Waals surface area contributed by atoms with E-state index >= 15 is 0 Å². The topological polar surface area (TPSA) is 32.3 Å². The number of likely N-dealkylation sites (N-methyl/N-ethyl adjacent to an activating group) is 1. The molecule has 0 spiro atoms. The number of hydrogen-bond acceptors (Lipinski definition) is 4. The second-order valence-corrected chi connectivity index (χ2v) is 5.83. The standard InChI is InChI=1S/C14H23ClN4/c1-4-6-12-13(15)16-10-17-14(12)19-8-5-7-11(19)9-18(2)3/h10-11H,4-9H2,1-3H3. The summed E-state index contributed by atoms with van der Waals surface area (Å²) < 4.78 is 0. The van der Waals surface area contributed by atoms with Gasteiger partial charge in [-0.05, 0) is 33.4 Å². The minimum Gasteiger partial charge on any atom is -0.352 e. The van der Waals surface area contributed by atoms with Crippen molar-refractivity contribution in [1.29, 1.82) is 0 Å². The van der Waals surface area contributed by atoms with Crippen molar-refractivity contribution in [2.45, 2.75) is 38.6 Å². The molecule has 1 aliphatic rings. The fraction of sp³-hybridized carbons (Fsp3) is 0.714. The highest BCUT2D eigenvalue weighted by atomic mass is 35.5. The van der Waals surface area contributed by atoms with Gasteiger partial charge in [-0.3, -0.25) is 0 Å². The summed E-state index contributed by atoms with van der Waals surface area (Å²) in [6.45, 7) is 4.30. The maximum absolute atomic E-state index is 6.25. The first-order valence-electron chi connectivity index (χ1n) is 7.04. The average molecular weight is 283 g/mol. The van der Waals surface area contributed by atoms with Crippen LogP contribution in [-0.2, 0) is 6.42 Å². The van der Waals surface area contributed by atoms with Crippen LogP contribution in [-0.4, -0.2) is 48.1 Å². The van der Waals surface area contributed by atoms with E-state index in [2.05, 4.69) is 40.8 Å². The van der Waals surface area contributed by atoms with Crippen LogP contribution in [0, 0.1) is 0 Å². The molecule has 1 saturated heterocycles. The molecule has 0 radical (unpaired) electrons. The summed E-state index contributed by atoms with van der Waals surface area (Å²) in [4.78, 5) is 13.3. The van der Waals surface area contributed by atoms with Crippen LogP contribution in [0.1, 0.15) is 31.7 Å². The van der Waals surface area contributed by atoms with Crippen LogP contribution in [0.5, 0.6) is 0 Å². The minimum absolute atomic E-state index is 0.538. The molecule has 0 bridgehead atoms. The van der Waals surface area contributed by atoms with Crippen LogP contribution < -0.4 is 4.90 Å². The van der Waals surface area contributed by atoms with Gasteiger partial charge in [-0.25, -0.2) is 9.97 Å². The van der Waals surface area contributed by atoms with Gasteiger partial charge < -0.3 is 9.80 Å². The number of hydrogen-bond donors (Lipinski definition) is 0. The molecule has 1 aromatic rings. The van der Waals surface area contributed by atoms with Crippen molar-refractivity contribution >= 4 is 17.4 Å². The van der Waals surface area contributed by atoms with E-state index in [-0.39, 0.29) is 0 Å². The molecule has 1 aliphatic heterocycles. The summed E-state index contributed by atoms with van der Waals surface area (Å²) in [5.41, 5.74) is 1.11. The van der Waals surface area contributed by atoms with Gasteiger partial charge in [0.05, 0.1) is 0 Å². The number of rotatable bonds is 5. The molecule has 1 aromatic heterocycles. The summed E-state index contributed by atoms with van der Waals surface area (Å²) in [6, 6.07) is 0.538. The Kier molecular flexibility index (Phi) is 4.99. The van der Waals surface area contributed by atoms with Gasteiger partial charge in [0.2, 0.25) is 0 Å². The Morgan fingerprint density at radius 1 is 1.42 bits per heavy atom. The van der Waals surface area contributed by atoms with Crippen molar-refractivity contribution in [3.05, 3.63) is 17.0 Å². The van der Waals surface area contributed by atoms with Crippen molar-refractivity contribution in [3.63, 3.8) is 0 Å². The fourth-order valence-corrected chi connectivity index (χ4v) is 3.04. The predicted octanol–water partition coefficient (Wildman–Crippen LogP) is 2.61. The zero-order valence-corrected chi connectivity index (χ0v) is 12.8. The average Bonchev–Trinajstić information content (AvgIpc) is 2.79. The first kappa shape index (κ1) is 14.5. The second kappa shape index (κ2) is 6.53. The molecule has 5 heteroatoms. The molecule has 0 N–H and O–H groups in total. The van der Waals surface area contributed by atoms with E-state index in [0.29, 0.717) is 11.2 Å². The van der Waals surface area contributed by atoms with Gasteiger partial charge in [0.15, 0.2) is 0 Å². The summed E-state index contributed by atoms with van der Waals surface area (Å²) in [5, 5.41) is 0.613. The van der Waals surface area contributed by atoms with E-state index in [1.54, 1.807) is 6.33 Å². The summed E-state index contributed by atoms with van der Waals surface area (Å²) in [5.74, 6) is 1.05. The molecule has 0 aliphatic carbocycles. The van der Waals surface area contributed by atoms with E-state index in [0.717, 1.165) is 37.3 Å². The van der Waals surface area contributed by atoms with Gasteiger partial charge in [0.25, 0.3) is 0 Å². The minimum atomic E-state index is 0.538. The van der Waals surface area contributed by atoms with Crippen LogP contribution in [0.4, 0.5) is 5.82 Å². The fourth-order valence-electron chi connectivity index (χ4n) is 2.82. The number of halogens is 1. The SMILES string of the molecule is CCCc1c(Cl)ncnc1N1CCCC1CN(C)C. The van der Waals surface area contributed by atoms with Gasteiger partial charge >= 0.3 is 0 Å². The lowest BCUT2D eigenvalue weighted by Crippen LogP contribution is -2.38. The van der Waals surface area contributed by atoms with Crippen molar-refractivity contribution in [1.82, 2.24) is 14.9 Å². The van der Waals surface area contributed by atoms with Gasteiger partial charge in [0.1, 0.15) is 17.3 Å². The quantitative estimate of drug-likeness (QED) is 0.777. The Morgan fingerprint density at radius 3 is 2.89 bits per heavy atom. The van der Waals surface area contributed by atoms with Crippen molar-refractivity contribution in [2.24, 2.45) is 0 Å². The zero-order valence-electron chi connectivity index (χ0n) is 12.1. The summed E-state index contributed by atoms with van der Waals surface area (Å²) in [6.07, 6.45) is 6.05. The monoisotopic (exact) mass is 282 g/mol. The Labute approximate surface area is 120 Å². The maximum atomic E-state index is 6.25. The van der Waals surface area contributed by atoms with E-state index in [4.69, 9.17) is 11.6 Å².